The molecule has 0 aliphatic carbocycles. The van der Waals surface area contributed by atoms with Crippen molar-refractivity contribution in [1.82, 2.24) is 5.32 Å². The first-order chi connectivity index (χ1) is 17.9. The van der Waals surface area contributed by atoms with Gasteiger partial charge in [0.1, 0.15) is 23.4 Å². The first-order valence-electron chi connectivity index (χ1n) is 12.5. The predicted molar refractivity (Wildman–Crippen MR) is 148 cm³/mol. The maximum absolute atomic E-state index is 13.5. The first kappa shape index (κ1) is 27.3. The Hall–Kier alpha value is -3.78. The minimum Gasteiger partial charge on any atom is -0.544 e. The van der Waals surface area contributed by atoms with E-state index >= 15 is 0 Å². The van der Waals surface area contributed by atoms with Crippen molar-refractivity contribution >= 4 is 31.9 Å². The number of carbonyl (C=O) groups excluding carboxylic acids is 2. The molecule has 1 aliphatic heterocycles. The summed E-state index contributed by atoms with van der Waals surface area (Å²) in [5.41, 5.74) is 2.00. The Morgan fingerprint density at radius 3 is 2.03 bits per heavy atom. The molecule has 5 nitrogen and oxygen atoms in total. The zero-order chi connectivity index (χ0) is 27.7. The van der Waals surface area contributed by atoms with Crippen LogP contribution >= 0.6 is 0 Å². The molecule has 0 unspecified atom stereocenters. The first-order valence-corrected chi connectivity index (χ1v) is 15.4. The smallest absolute Gasteiger partial charge is 0.252 e. The average Bonchev–Trinajstić information content (AvgIpc) is 2.86. The lowest BCUT2D eigenvalue weighted by Gasteiger charge is -2.47. The fourth-order valence-corrected chi connectivity index (χ4v) is 5.02. The molecule has 8 heteroatoms. The third kappa shape index (κ3) is 5.86. The van der Waals surface area contributed by atoms with E-state index in [9.17, 15) is 18.4 Å². The molecule has 0 aromatic heterocycles. The Morgan fingerprint density at radius 2 is 1.47 bits per heavy atom. The number of nitrogens with one attached hydrogen (secondary N) is 1. The van der Waals surface area contributed by atoms with E-state index in [1.165, 1.54) is 30.3 Å². The van der Waals surface area contributed by atoms with Gasteiger partial charge in [-0.1, -0.05) is 45.0 Å². The number of halogens is 2. The molecule has 1 aliphatic rings. The van der Waals surface area contributed by atoms with Gasteiger partial charge in [0.2, 0.25) is 14.2 Å². The Labute approximate surface area is 223 Å². The molecule has 38 heavy (non-hydrogen) atoms. The van der Waals surface area contributed by atoms with Gasteiger partial charge in [0.05, 0.1) is 6.04 Å². The van der Waals surface area contributed by atoms with Gasteiger partial charge in [-0.15, -0.1) is 0 Å². The van der Waals surface area contributed by atoms with E-state index in [1.807, 2.05) is 24.3 Å². The molecule has 0 bridgehead atoms. The van der Waals surface area contributed by atoms with Crippen LogP contribution in [-0.4, -0.2) is 26.2 Å². The van der Waals surface area contributed by atoms with Gasteiger partial charge in [0, 0.05) is 11.8 Å². The van der Waals surface area contributed by atoms with E-state index in [-0.39, 0.29) is 16.8 Å². The summed E-state index contributed by atoms with van der Waals surface area (Å²) in [7, 11) is -2.03. The zero-order valence-corrected chi connectivity index (χ0v) is 23.2. The molecular weight excluding hydrogens is 502 g/mol. The van der Waals surface area contributed by atoms with Crippen molar-refractivity contribution in [3.8, 4) is 5.75 Å². The van der Waals surface area contributed by atoms with E-state index in [2.05, 4.69) is 39.2 Å². The van der Waals surface area contributed by atoms with E-state index in [0.717, 1.165) is 11.3 Å². The molecule has 0 saturated carbocycles. The van der Waals surface area contributed by atoms with Crippen molar-refractivity contribution < 1.29 is 22.8 Å². The van der Waals surface area contributed by atoms with Crippen LogP contribution < -0.4 is 14.6 Å². The van der Waals surface area contributed by atoms with Gasteiger partial charge < -0.3 is 14.6 Å². The molecule has 1 heterocycles. The number of rotatable bonds is 7. The lowest BCUT2D eigenvalue weighted by Crippen LogP contribution is -2.65. The highest BCUT2D eigenvalue weighted by molar-refractivity contribution is 6.74. The predicted octanol–water partition coefficient (Wildman–Crippen LogP) is 6.63. The quantitative estimate of drug-likeness (QED) is 0.210. The van der Waals surface area contributed by atoms with Crippen LogP contribution in [0.5, 0.6) is 5.75 Å². The molecule has 2 amide bonds. The van der Waals surface area contributed by atoms with Crippen LogP contribution in [0.3, 0.4) is 0 Å². The number of hydrogen-bond donors (Lipinski definition) is 1. The summed E-state index contributed by atoms with van der Waals surface area (Å²) in [6.45, 7) is 10.9. The van der Waals surface area contributed by atoms with Gasteiger partial charge in [0.25, 0.3) is 5.91 Å². The van der Waals surface area contributed by atoms with Crippen molar-refractivity contribution in [2.45, 2.75) is 51.0 Å². The molecule has 0 radical (unpaired) electrons. The minimum absolute atomic E-state index is 0.0439. The molecule has 1 saturated heterocycles. The van der Waals surface area contributed by atoms with Gasteiger partial charge in [-0.3, -0.25) is 9.59 Å². The molecular formula is C30H32F2N2O3Si. The second-order valence-electron chi connectivity index (χ2n) is 10.9. The summed E-state index contributed by atoms with van der Waals surface area (Å²) < 4.78 is 33.1. The van der Waals surface area contributed by atoms with Crippen LogP contribution in [-0.2, 0) is 9.59 Å². The van der Waals surface area contributed by atoms with Crippen molar-refractivity contribution in [2.75, 3.05) is 4.90 Å². The molecule has 198 valence electrons. The Balaban J connectivity index is 1.57. The zero-order valence-electron chi connectivity index (χ0n) is 22.2. The SMILES string of the molecule is CC(C)(C)[Si](C)(C)Oc1ccc([C@@H]2[C@@H](NC(=O)/C=C/c3ccc(F)cc3)C(=O)N2c2ccc(F)cc2)cc1. The topological polar surface area (TPSA) is 58.6 Å². The number of β-lactam (4-membered cyclic amide) rings is 1. The highest BCUT2D eigenvalue weighted by Gasteiger charge is 2.49. The number of hydrogen-bond acceptors (Lipinski definition) is 3. The highest BCUT2D eigenvalue weighted by Crippen LogP contribution is 2.41. The number of nitrogens with zero attached hydrogens (tertiary/aromatic N) is 1. The summed E-state index contributed by atoms with van der Waals surface area (Å²) in [6, 6.07) is 17.7. The van der Waals surface area contributed by atoms with Crippen LogP contribution in [0.1, 0.15) is 37.9 Å². The second-order valence-corrected chi connectivity index (χ2v) is 15.7. The molecule has 2 atom stereocenters. The molecule has 3 aromatic rings. The van der Waals surface area contributed by atoms with Crippen molar-refractivity contribution in [3.05, 3.63) is 102 Å². The summed E-state index contributed by atoms with van der Waals surface area (Å²) in [6.07, 6.45) is 2.87. The molecule has 1 N–H and O–H groups in total. The van der Waals surface area contributed by atoms with Crippen molar-refractivity contribution in [2.24, 2.45) is 0 Å². The van der Waals surface area contributed by atoms with Crippen LogP contribution in [0, 0.1) is 11.6 Å². The Morgan fingerprint density at radius 1 is 0.921 bits per heavy atom. The van der Waals surface area contributed by atoms with Crippen LogP contribution in [0.15, 0.2) is 78.9 Å². The van der Waals surface area contributed by atoms with Gasteiger partial charge in [-0.25, -0.2) is 8.78 Å². The largest absolute Gasteiger partial charge is 0.544 e. The van der Waals surface area contributed by atoms with E-state index in [1.54, 1.807) is 35.2 Å². The van der Waals surface area contributed by atoms with Gasteiger partial charge in [0.15, 0.2) is 0 Å². The van der Waals surface area contributed by atoms with Crippen LogP contribution in [0.4, 0.5) is 14.5 Å². The highest BCUT2D eigenvalue weighted by atomic mass is 28.4. The van der Waals surface area contributed by atoms with E-state index < -0.39 is 32.1 Å². The third-order valence-corrected chi connectivity index (χ3v) is 11.6. The normalized spacial score (nSPS) is 17.9. The maximum Gasteiger partial charge on any atom is 0.252 e. The summed E-state index contributed by atoms with van der Waals surface area (Å²) >= 11 is 0. The number of benzene rings is 3. The standard InChI is InChI=1S/C30H32F2N2O3Si/c1-30(2,3)38(4,5)37-25-17-9-21(10-18-25)28-27(29(36)34(28)24-15-13-23(32)14-16-24)33-26(35)19-8-20-6-11-22(31)12-7-20/h6-19,27-28H,1-5H3,(H,33,35)/b19-8+/t27-,28-/m1/s1. The molecule has 3 aromatic carbocycles. The number of amides is 2. The minimum atomic E-state index is -2.03. The Bertz CT molecular complexity index is 1330. The fraction of sp³-hybridized carbons (Fsp3) is 0.267. The Kier molecular flexibility index (Phi) is 7.55. The monoisotopic (exact) mass is 534 g/mol. The summed E-state index contributed by atoms with van der Waals surface area (Å²) in [5.74, 6) is -0.763. The fourth-order valence-electron chi connectivity index (χ4n) is 3.99. The van der Waals surface area contributed by atoms with Crippen molar-refractivity contribution in [1.29, 1.82) is 0 Å². The average molecular weight is 535 g/mol. The third-order valence-electron chi connectivity index (χ3n) is 7.20. The van der Waals surface area contributed by atoms with Crippen LogP contribution in [0.2, 0.25) is 18.1 Å². The summed E-state index contributed by atoms with van der Waals surface area (Å²) in [5, 5.41) is 2.83. The lowest BCUT2D eigenvalue weighted by atomic mass is 9.87. The van der Waals surface area contributed by atoms with E-state index in [4.69, 9.17) is 4.43 Å². The maximum atomic E-state index is 13.5. The van der Waals surface area contributed by atoms with Gasteiger partial charge in [-0.05, 0) is 83.9 Å². The molecule has 1 fully saturated rings. The second kappa shape index (κ2) is 10.5. The number of anilines is 1. The summed E-state index contributed by atoms with van der Waals surface area (Å²) in [4.78, 5) is 27.4. The van der Waals surface area contributed by atoms with Crippen molar-refractivity contribution in [3.63, 3.8) is 0 Å². The lowest BCUT2D eigenvalue weighted by molar-refractivity contribution is -0.131. The van der Waals surface area contributed by atoms with Gasteiger partial charge in [-0.2, -0.15) is 0 Å². The number of carbonyl (C=O) groups is 2. The van der Waals surface area contributed by atoms with E-state index in [0.29, 0.717) is 11.3 Å². The molecule has 4 rings (SSSR count). The van der Waals surface area contributed by atoms with Gasteiger partial charge >= 0.3 is 0 Å². The molecule has 0 spiro atoms. The van der Waals surface area contributed by atoms with Crippen LogP contribution in [0.25, 0.3) is 6.08 Å².